The normalized spacial score (nSPS) is 10.8. The predicted octanol–water partition coefficient (Wildman–Crippen LogP) is 3.65. The van der Waals surface area contributed by atoms with Gasteiger partial charge in [0.15, 0.2) is 5.96 Å². The molecule has 0 radical (unpaired) electrons. The van der Waals surface area contributed by atoms with E-state index >= 15 is 0 Å². The van der Waals surface area contributed by atoms with Crippen LogP contribution in [-0.4, -0.2) is 55.9 Å². The second-order valence-corrected chi connectivity index (χ2v) is 6.73. The Balaban J connectivity index is 0.00000392. The summed E-state index contributed by atoms with van der Waals surface area (Å²) in [6, 6.07) is 18.2. The van der Waals surface area contributed by atoms with Gasteiger partial charge in [0, 0.05) is 46.3 Å². The van der Waals surface area contributed by atoms with Gasteiger partial charge in [-0.05, 0) is 36.6 Å². The molecule has 28 heavy (non-hydrogen) atoms. The number of nitrogens with zero attached hydrogens (tertiary/aromatic N) is 3. The first-order chi connectivity index (χ1) is 13.0. The van der Waals surface area contributed by atoms with Crippen LogP contribution in [0.15, 0.2) is 59.6 Å². The van der Waals surface area contributed by atoms with Gasteiger partial charge < -0.3 is 15.1 Å². The maximum Gasteiger partial charge on any atom is 0.253 e. The number of aliphatic imine (C=N–C) groups is 1. The molecule has 0 aromatic heterocycles. The smallest absolute Gasteiger partial charge is 0.253 e. The first-order valence-electron chi connectivity index (χ1n) is 9.35. The first-order valence-corrected chi connectivity index (χ1v) is 9.35. The van der Waals surface area contributed by atoms with Gasteiger partial charge in [-0.1, -0.05) is 42.5 Å². The van der Waals surface area contributed by atoms with E-state index < -0.39 is 0 Å². The van der Waals surface area contributed by atoms with Crippen molar-refractivity contribution >= 4 is 35.8 Å². The van der Waals surface area contributed by atoms with Crippen LogP contribution in [0.25, 0.3) is 0 Å². The fraction of sp³-hybridized carbons (Fsp3) is 0.364. The van der Waals surface area contributed by atoms with Gasteiger partial charge in [0.2, 0.25) is 0 Å². The van der Waals surface area contributed by atoms with Gasteiger partial charge in [0.1, 0.15) is 0 Å². The minimum Gasteiger partial charge on any atom is -0.357 e. The third kappa shape index (κ3) is 7.50. The average molecular weight is 494 g/mol. The van der Waals surface area contributed by atoms with Crippen molar-refractivity contribution in [1.82, 2.24) is 15.1 Å². The lowest BCUT2D eigenvalue weighted by Gasteiger charge is -2.22. The first kappa shape index (κ1) is 23.9. The second-order valence-electron chi connectivity index (χ2n) is 6.73. The zero-order chi connectivity index (χ0) is 19.6. The average Bonchev–Trinajstić information content (AvgIpc) is 2.67. The Bertz CT molecular complexity index is 762. The molecule has 0 saturated carbocycles. The maximum atomic E-state index is 12.1. The molecule has 0 aliphatic heterocycles. The van der Waals surface area contributed by atoms with E-state index in [1.165, 1.54) is 5.56 Å². The van der Waals surface area contributed by atoms with Gasteiger partial charge in [-0.15, -0.1) is 24.0 Å². The third-order valence-corrected chi connectivity index (χ3v) is 4.20. The molecule has 2 rings (SSSR count). The van der Waals surface area contributed by atoms with Crippen LogP contribution < -0.4 is 5.32 Å². The lowest BCUT2D eigenvalue weighted by molar-refractivity contribution is 0.0827. The molecule has 6 heteroatoms. The van der Waals surface area contributed by atoms with Gasteiger partial charge in [-0.25, -0.2) is 0 Å². The number of carbonyl (C=O) groups is 1. The van der Waals surface area contributed by atoms with Gasteiger partial charge >= 0.3 is 0 Å². The van der Waals surface area contributed by atoms with Crippen LogP contribution >= 0.6 is 24.0 Å². The molecule has 152 valence electrons. The third-order valence-electron chi connectivity index (χ3n) is 4.20. The second kappa shape index (κ2) is 12.4. The van der Waals surface area contributed by atoms with E-state index in [9.17, 15) is 4.79 Å². The van der Waals surface area contributed by atoms with Gasteiger partial charge in [-0.3, -0.25) is 9.79 Å². The number of guanidine groups is 1. The van der Waals surface area contributed by atoms with Crippen LogP contribution in [0.4, 0.5) is 0 Å². The summed E-state index contributed by atoms with van der Waals surface area (Å²) >= 11 is 0. The van der Waals surface area contributed by atoms with Crippen molar-refractivity contribution in [2.75, 3.05) is 34.2 Å². The summed E-state index contributed by atoms with van der Waals surface area (Å²) in [6.45, 7) is 4.37. The Morgan fingerprint density at radius 3 is 2.32 bits per heavy atom. The van der Waals surface area contributed by atoms with Crippen LogP contribution in [0, 0.1) is 0 Å². The molecule has 0 spiro atoms. The molecule has 0 bridgehead atoms. The summed E-state index contributed by atoms with van der Waals surface area (Å²) in [5, 5.41) is 3.35. The summed E-state index contributed by atoms with van der Waals surface area (Å²) in [5.41, 5.74) is 3.09. The van der Waals surface area contributed by atoms with E-state index in [1.807, 2.05) is 37.4 Å². The van der Waals surface area contributed by atoms with Gasteiger partial charge in [-0.2, -0.15) is 0 Å². The number of nitrogens with one attached hydrogen (secondary N) is 1. The number of carbonyl (C=O) groups excluding carboxylic acids is 1. The summed E-state index contributed by atoms with van der Waals surface area (Å²) in [7, 11) is 5.58. The van der Waals surface area contributed by atoms with E-state index in [1.54, 1.807) is 19.0 Å². The van der Waals surface area contributed by atoms with Crippen molar-refractivity contribution in [2.45, 2.75) is 19.9 Å². The van der Waals surface area contributed by atoms with Gasteiger partial charge in [0.05, 0.1) is 0 Å². The van der Waals surface area contributed by atoms with Crippen LogP contribution in [0.1, 0.15) is 28.4 Å². The minimum atomic E-state index is 0. The summed E-state index contributed by atoms with van der Waals surface area (Å²) in [6.07, 6.45) is 0.794. The zero-order valence-corrected chi connectivity index (χ0v) is 19.5. The highest BCUT2D eigenvalue weighted by Gasteiger charge is 2.09. The highest BCUT2D eigenvalue weighted by molar-refractivity contribution is 14.0. The monoisotopic (exact) mass is 494 g/mol. The number of rotatable bonds is 7. The fourth-order valence-electron chi connectivity index (χ4n) is 2.81. The zero-order valence-electron chi connectivity index (χ0n) is 17.2. The number of amides is 1. The van der Waals surface area contributed by atoms with Crippen molar-refractivity contribution in [3.8, 4) is 0 Å². The molecule has 0 saturated heterocycles. The Morgan fingerprint density at radius 1 is 1.00 bits per heavy atom. The number of hydrogen-bond acceptors (Lipinski definition) is 2. The van der Waals surface area contributed by atoms with E-state index in [0.29, 0.717) is 6.54 Å². The Labute approximate surface area is 185 Å². The molecular formula is C22H31IN4O. The maximum absolute atomic E-state index is 12.1. The topological polar surface area (TPSA) is 47.9 Å². The van der Waals surface area contributed by atoms with Crippen molar-refractivity contribution in [2.24, 2.45) is 4.99 Å². The molecule has 1 N–H and O–H groups in total. The Kier molecular flexibility index (Phi) is 10.6. The molecule has 0 aliphatic carbocycles. The molecule has 2 aromatic carbocycles. The molecule has 0 aliphatic rings. The predicted molar refractivity (Wildman–Crippen MR) is 127 cm³/mol. The number of hydrogen-bond donors (Lipinski definition) is 1. The van der Waals surface area contributed by atoms with E-state index in [0.717, 1.165) is 36.6 Å². The molecule has 0 fully saturated rings. The largest absolute Gasteiger partial charge is 0.357 e. The van der Waals surface area contributed by atoms with Crippen molar-refractivity contribution in [3.63, 3.8) is 0 Å². The van der Waals surface area contributed by atoms with Crippen LogP contribution in [0.2, 0.25) is 0 Å². The quantitative estimate of drug-likeness (QED) is 0.363. The highest BCUT2D eigenvalue weighted by atomic mass is 127. The summed E-state index contributed by atoms with van der Waals surface area (Å²) in [4.78, 5) is 20.6. The number of halogens is 1. The molecule has 2 aromatic rings. The lowest BCUT2D eigenvalue weighted by Crippen LogP contribution is -2.38. The molecule has 5 nitrogen and oxygen atoms in total. The van der Waals surface area contributed by atoms with Crippen molar-refractivity contribution in [3.05, 3.63) is 71.3 Å². The summed E-state index contributed by atoms with van der Waals surface area (Å²) < 4.78 is 0. The molecule has 1 amide bonds. The summed E-state index contributed by atoms with van der Waals surface area (Å²) in [5.74, 6) is 0.915. The van der Waals surface area contributed by atoms with Crippen LogP contribution in [0.3, 0.4) is 0 Å². The molecular weight excluding hydrogens is 463 g/mol. The van der Waals surface area contributed by atoms with Crippen LogP contribution in [0.5, 0.6) is 0 Å². The minimum absolute atomic E-state index is 0. The molecule has 0 atom stereocenters. The van der Waals surface area contributed by atoms with E-state index in [4.69, 9.17) is 4.99 Å². The number of benzene rings is 2. The Morgan fingerprint density at radius 2 is 1.68 bits per heavy atom. The molecule has 0 unspecified atom stereocenters. The SMILES string of the molecule is CCNC(=NCCc1cccc(C(=O)N(C)C)c1)N(C)Cc1ccccc1.I. The Hall–Kier alpha value is -2.09. The fourth-order valence-corrected chi connectivity index (χ4v) is 2.81. The molecule has 0 heterocycles. The van der Waals surface area contributed by atoms with Gasteiger partial charge in [0.25, 0.3) is 5.91 Å². The standard InChI is InChI=1S/C22H30N4O.HI/c1-5-23-22(26(4)17-19-10-7-6-8-11-19)24-15-14-18-12-9-13-20(16-18)21(27)25(2)3;/h6-13,16H,5,14-15,17H2,1-4H3,(H,23,24);1H. The lowest BCUT2D eigenvalue weighted by atomic mass is 10.1. The van der Waals surface area contributed by atoms with Crippen molar-refractivity contribution < 1.29 is 4.79 Å². The van der Waals surface area contributed by atoms with Crippen LogP contribution in [-0.2, 0) is 13.0 Å². The van der Waals surface area contributed by atoms with E-state index in [-0.39, 0.29) is 29.9 Å². The van der Waals surface area contributed by atoms with Crippen molar-refractivity contribution in [1.29, 1.82) is 0 Å². The van der Waals surface area contributed by atoms with E-state index in [2.05, 4.69) is 41.4 Å². The highest BCUT2D eigenvalue weighted by Crippen LogP contribution is 2.09.